The van der Waals surface area contributed by atoms with E-state index in [4.69, 9.17) is 18.9 Å². The van der Waals surface area contributed by atoms with Crippen LogP contribution < -0.4 is 10.6 Å². The Morgan fingerprint density at radius 1 is 1.38 bits per heavy atom. The Morgan fingerprint density at radius 2 is 2.31 bits per heavy atom. The predicted octanol–water partition coefficient (Wildman–Crippen LogP) is 2.74. The van der Waals surface area contributed by atoms with Crippen LogP contribution in [0.2, 0.25) is 0 Å². The number of ether oxygens (including phenoxy) is 2. The first kappa shape index (κ1) is 19.2. The van der Waals surface area contributed by atoms with Gasteiger partial charge in [-0.1, -0.05) is 0 Å². The lowest BCUT2D eigenvalue weighted by Crippen LogP contribution is -2.42. The molecule has 1 aromatic rings. The van der Waals surface area contributed by atoms with Crippen molar-refractivity contribution < 1.29 is 13.9 Å². The van der Waals surface area contributed by atoms with Gasteiger partial charge in [-0.15, -0.1) is 0 Å². The first-order chi connectivity index (χ1) is 12.8. The smallest absolute Gasteiger partial charge is 0.191 e. The SMILES string of the molecule is CCOCCC1(CN=C(NCCc2ccco2)NCC2CCCO2)CC1. The summed E-state index contributed by atoms with van der Waals surface area (Å²) >= 11 is 0. The Morgan fingerprint density at radius 3 is 3.00 bits per heavy atom. The van der Waals surface area contributed by atoms with E-state index in [2.05, 4.69) is 10.6 Å². The molecule has 0 spiro atoms. The van der Waals surface area contributed by atoms with Crippen molar-refractivity contribution in [1.82, 2.24) is 10.6 Å². The molecule has 1 unspecified atom stereocenters. The minimum Gasteiger partial charge on any atom is -0.469 e. The van der Waals surface area contributed by atoms with Gasteiger partial charge in [-0.2, -0.15) is 0 Å². The molecule has 26 heavy (non-hydrogen) atoms. The van der Waals surface area contributed by atoms with Crippen LogP contribution in [0.5, 0.6) is 0 Å². The molecule has 6 heteroatoms. The average Bonchev–Trinajstić information content (AvgIpc) is 3.06. The first-order valence-corrected chi connectivity index (χ1v) is 10.0. The molecular weight excluding hydrogens is 330 g/mol. The van der Waals surface area contributed by atoms with Crippen LogP contribution >= 0.6 is 0 Å². The molecule has 0 radical (unpaired) electrons. The molecule has 1 saturated heterocycles. The average molecular weight is 364 g/mol. The van der Waals surface area contributed by atoms with E-state index in [-0.39, 0.29) is 0 Å². The Bertz CT molecular complexity index is 535. The van der Waals surface area contributed by atoms with E-state index in [0.29, 0.717) is 11.5 Å². The number of nitrogens with zero attached hydrogens (tertiary/aromatic N) is 1. The highest BCUT2D eigenvalue weighted by molar-refractivity contribution is 5.79. The maximum atomic E-state index is 5.71. The highest BCUT2D eigenvalue weighted by Crippen LogP contribution is 2.49. The molecule has 1 aromatic heterocycles. The number of rotatable bonds is 11. The normalized spacial score (nSPS) is 21.7. The van der Waals surface area contributed by atoms with Gasteiger partial charge in [0, 0.05) is 45.9 Å². The van der Waals surface area contributed by atoms with Crippen LogP contribution in [-0.2, 0) is 15.9 Å². The zero-order valence-corrected chi connectivity index (χ0v) is 16.0. The third-order valence-corrected chi connectivity index (χ3v) is 5.28. The molecule has 146 valence electrons. The van der Waals surface area contributed by atoms with Crippen LogP contribution in [0.15, 0.2) is 27.8 Å². The lowest BCUT2D eigenvalue weighted by molar-refractivity contribution is 0.113. The fourth-order valence-electron chi connectivity index (χ4n) is 3.29. The summed E-state index contributed by atoms with van der Waals surface area (Å²) in [7, 11) is 0. The van der Waals surface area contributed by atoms with Gasteiger partial charge in [0.2, 0.25) is 0 Å². The van der Waals surface area contributed by atoms with Crippen molar-refractivity contribution in [3.63, 3.8) is 0 Å². The van der Waals surface area contributed by atoms with Gasteiger partial charge in [-0.05, 0) is 56.6 Å². The van der Waals surface area contributed by atoms with E-state index < -0.39 is 0 Å². The van der Waals surface area contributed by atoms with Gasteiger partial charge in [0.25, 0.3) is 0 Å². The summed E-state index contributed by atoms with van der Waals surface area (Å²) in [5.41, 5.74) is 0.356. The molecule has 0 aromatic carbocycles. The number of furan rings is 1. The molecule has 1 saturated carbocycles. The van der Waals surface area contributed by atoms with E-state index in [1.807, 2.05) is 19.1 Å². The zero-order valence-electron chi connectivity index (χ0n) is 16.0. The summed E-state index contributed by atoms with van der Waals surface area (Å²) in [5.74, 6) is 1.88. The zero-order chi connectivity index (χ0) is 18.1. The molecule has 2 aliphatic rings. The second-order valence-corrected chi connectivity index (χ2v) is 7.38. The van der Waals surface area contributed by atoms with Gasteiger partial charge in [0.15, 0.2) is 5.96 Å². The van der Waals surface area contributed by atoms with Crippen molar-refractivity contribution in [2.45, 2.75) is 51.6 Å². The minimum absolute atomic E-state index is 0.305. The Kier molecular flexibility index (Phi) is 7.38. The topological polar surface area (TPSA) is 68.0 Å². The van der Waals surface area contributed by atoms with Gasteiger partial charge in [-0.25, -0.2) is 0 Å². The molecule has 0 amide bonds. The second kappa shape index (κ2) is 9.97. The summed E-state index contributed by atoms with van der Waals surface area (Å²) in [6, 6.07) is 3.93. The van der Waals surface area contributed by atoms with Crippen molar-refractivity contribution in [1.29, 1.82) is 0 Å². The number of aliphatic imine (C=N–C) groups is 1. The monoisotopic (exact) mass is 363 g/mol. The number of hydrogen-bond donors (Lipinski definition) is 2. The maximum Gasteiger partial charge on any atom is 0.191 e. The molecule has 2 N–H and O–H groups in total. The van der Waals surface area contributed by atoms with Crippen LogP contribution in [0.25, 0.3) is 0 Å². The Hall–Kier alpha value is -1.53. The lowest BCUT2D eigenvalue weighted by Gasteiger charge is -2.17. The molecule has 2 fully saturated rings. The van der Waals surface area contributed by atoms with Crippen LogP contribution in [0.4, 0.5) is 0 Å². The van der Waals surface area contributed by atoms with Crippen molar-refractivity contribution in [3.05, 3.63) is 24.2 Å². The molecular formula is C20H33N3O3. The number of hydrogen-bond acceptors (Lipinski definition) is 4. The highest BCUT2D eigenvalue weighted by Gasteiger charge is 2.41. The van der Waals surface area contributed by atoms with Crippen LogP contribution in [0.1, 0.15) is 44.8 Å². The summed E-state index contributed by atoms with van der Waals surface area (Å²) < 4.78 is 16.6. The van der Waals surface area contributed by atoms with Crippen molar-refractivity contribution in [2.24, 2.45) is 10.4 Å². The summed E-state index contributed by atoms with van der Waals surface area (Å²) in [6.45, 7) is 7.05. The van der Waals surface area contributed by atoms with Gasteiger partial charge in [-0.3, -0.25) is 4.99 Å². The largest absolute Gasteiger partial charge is 0.469 e. The van der Waals surface area contributed by atoms with E-state index in [1.165, 1.54) is 12.8 Å². The summed E-state index contributed by atoms with van der Waals surface area (Å²) in [5, 5.41) is 6.90. The van der Waals surface area contributed by atoms with Gasteiger partial charge < -0.3 is 24.5 Å². The van der Waals surface area contributed by atoms with E-state index in [9.17, 15) is 0 Å². The van der Waals surface area contributed by atoms with E-state index in [1.54, 1.807) is 6.26 Å². The molecule has 1 aliphatic carbocycles. The van der Waals surface area contributed by atoms with Gasteiger partial charge >= 0.3 is 0 Å². The second-order valence-electron chi connectivity index (χ2n) is 7.38. The maximum absolute atomic E-state index is 5.71. The van der Waals surface area contributed by atoms with E-state index >= 15 is 0 Å². The quantitative estimate of drug-likeness (QED) is 0.359. The van der Waals surface area contributed by atoms with Gasteiger partial charge in [0.05, 0.1) is 12.4 Å². The number of guanidine groups is 1. The fourth-order valence-corrected chi connectivity index (χ4v) is 3.29. The number of nitrogens with one attached hydrogen (secondary N) is 2. The third-order valence-electron chi connectivity index (χ3n) is 5.28. The molecule has 2 heterocycles. The third kappa shape index (κ3) is 6.32. The summed E-state index contributed by atoms with van der Waals surface area (Å²) in [4.78, 5) is 4.87. The van der Waals surface area contributed by atoms with Crippen molar-refractivity contribution in [3.8, 4) is 0 Å². The standard InChI is InChI=1S/C20H33N3O3/c1-2-24-14-10-20(8-9-20)16-23-19(22-15-18-6-4-13-26-18)21-11-7-17-5-3-12-25-17/h3,5,12,18H,2,4,6-11,13-16H2,1H3,(H2,21,22,23). The Balaban J connectivity index is 1.47. The van der Waals surface area contributed by atoms with Crippen LogP contribution in [-0.4, -0.2) is 51.5 Å². The van der Waals surface area contributed by atoms with Crippen LogP contribution in [0.3, 0.4) is 0 Å². The fraction of sp³-hybridized carbons (Fsp3) is 0.750. The predicted molar refractivity (Wildman–Crippen MR) is 102 cm³/mol. The van der Waals surface area contributed by atoms with Gasteiger partial charge in [0.1, 0.15) is 5.76 Å². The van der Waals surface area contributed by atoms with Crippen molar-refractivity contribution >= 4 is 5.96 Å². The molecule has 0 bridgehead atoms. The minimum atomic E-state index is 0.305. The summed E-state index contributed by atoms with van der Waals surface area (Å²) in [6.07, 6.45) is 8.79. The van der Waals surface area contributed by atoms with Crippen molar-refractivity contribution in [2.75, 3.05) is 39.5 Å². The van der Waals surface area contributed by atoms with Crippen LogP contribution in [0, 0.1) is 5.41 Å². The molecule has 1 aliphatic heterocycles. The molecule has 1 atom stereocenters. The first-order valence-electron chi connectivity index (χ1n) is 10.0. The molecule has 6 nitrogen and oxygen atoms in total. The Labute approximate surface area is 156 Å². The lowest BCUT2D eigenvalue weighted by atomic mass is 10.0. The molecule has 3 rings (SSSR count). The highest BCUT2D eigenvalue weighted by atomic mass is 16.5. The van der Waals surface area contributed by atoms with E-state index in [0.717, 1.165) is 76.9 Å².